The number of aromatic amines is 1. The van der Waals surface area contributed by atoms with E-state index in [9.17, 15) is 0 Å². The molecule has 5 nitrogen and oxygen atoms in total. The van der Waals surface area contributed by atoms with Crippen LogP contribution in [-0.2, 0) is 6.42 Å². The molecule has 1 N–H and O–H groups in total. The Balaban J connectivity index is 2.11. The molecule has 0 amide bonds. The van der Waals surface area contributed by atoms with Crippen LogP contribution >= 0.6 is 0 Å². The molecule has 0 aliphatic rings. The van der Waals surface area contributed by atoms with Crippen molar-refractivity contribution in [3.8, 4) is 11.4 Å². The lowest BCUT2D eigenvalue weighted by Gasteiger charge is -2.09. The van der Waals surface area contributed by atoms with Crippen LogP contribution in [0.3, 0.4) is 0 Å². The molecule has 98 valence electrons. The Morgan fingerprint density at radius 1 is 1.21 bits per heavy atom. The Morgan fingerprint density at radius 2 is 2.05 bits per heavy atom. The quantitative estimate of drug-likeness (QED) is 0.782. The van der Waals surface area contributed by atoms with E-state index in [0.717, 1.165) is 40.6 Å². The van der Waals surface area contributed by atoms with Gasteiger partial charge in [-0.25, -0.2) is 9.97 Å². The van der Waals surface area contributed by atoms with Crippen LogP contribution in [0.1, 0.15) is 12.7 Å². The van der Waals surface area contributed by atoms with Gasteiger partial charge in [-0.15, -0.1) is 0 Å². The van der Waals surface area contributed by atoms with Crippen molar-refractivity contribution in [2.45, 2.75) is 13.3 Å². The number of hydrogen-bond donors (Lipinski definition) is 1. The third-order valence-corrected chi connectivity index (χ3v) is 3.11. The molecule has 19 heavy (non-hydrogen) atoms. The Hall–Kier alpha value is -2.30. The van der Waals surface area contributed by atoms with E-state index < -0.39 is 0 Å². The van der Waals surface area contributed by atoms with Gasteiger partial charge in [-0.3, -0.25) is 0 Å². The second-order valence-electron chi connectivity index (χ2n) is 4.63. The second kappa shape index (κ2) is 4.42. The molecule has 0 fully saturated rings. The number of aryl methyl sites for hydroxylation is 1. The predicted octanol–water partition coefficient (Wildman–Crippen LogP) is 2.85. The lowest BCUT2D eigenvalue weighted by molar-refractivity contribution is 0.517. The average molecular weight is 256 g/mol. The van der Waals surface area contributed by atoms with Crippen molar-refractivity contribution < 1.29 is 4.42 Å². The van der Waals surface area contributed by atoms with Crippen LogP contribution in [-0.4, -0.2) is 29.0 Å². The molecule has 3 aromatic heterocycles. The van der Waals surface area contributed by atoms with Crippen molar-refractivity contribution in [1.29, 1.82) is 0 Å². The van der Waals surface area contributed by atoms with Crippen LogP contribution < -0.4 is 4.90 Å². The van der Waals surface area contributed by atoms with Crippen LogP contribution in [0.15, 0.2) is 28.9 Å². The lowest BCUT2D eigenvalue weighted by Crippen LogP contribution is -2.10. The van der Waals surface area contributed by atoms with E-state index in [0.29, 0.717) is 0 Å². The molecule has 0 aliphatic heterocycles. The number of anilines is 1. The number of fused-ring (bicyclic) bond motifs is 1. The van der Waals surface area contributed by atoms with E-state index in [1.54, 1.807) is 6.26 Å². The summed E-state index contributed by atoms with van der Waals surface area (Å²) in [5.41, 5.74) is 2.67. The molecule has 0 unspecified atom stereocenters. The Morgan fingerprint density at radius 3 is 2.79 bits per heavy atom. The van der Waals surface area contributed by atoms with Gasteiger partial charge in [0.2, 0.25) is 0 Å². The highest BCUT2D eigenvalue weighted by Gasteiger charge is 2.12. The average Bonchev–Trinajstić information content (AvgIpc) is 3.03. The molecule has 0 atom stereocenters. The summed E-state index contributed by atoms with van der Waals surface area (Å²) in [4.78, 5) is 14.3. The number of hydrogen-bond acceptors (Lipinski definition) is 4. The number of H-pyrrole nitrogens is 1. The minimum Gasteiger partial charge on any atom is -0.469 e. The zero-order valence-electron chi connectivity index (χ0n) is 11.3. The summed E-state index contributed by atoms with van der Waals surface area (Å²) in [6, 6.07) is 5.91. The number of furan rings is 1. The normalized spacial score (nSPS) is 11.1. The molecule has 0 bridgehead atoms. The number of rotatable bonds is 3. The van der Waals surface area contributed by atoms with Gasteiger partial charge in [0.1, 0.15) is 17.4 Å². The summed E-state index contributed by atoms with van der Waals surface area (Å²) in [5, 5.41) is 0. The Labute approximate surface area is 111 Å². The van der Waals surface area contributed by atoms with Crippen molar-refractivity contribution >= 4 is 17.0 Å². The third kappa shape index (κ3) is 1.97. The fourth-order valence-electron chi connectivity index (χ4n) is 2.08. The molecule has 0 saturated heterocycles. The van der Waals surface area contributed by atoms with E-state index in [4.69, 9.17) is 4.42 Å². The van der Waals surface area contributed by atoms with Gasteiger partial charge < -0.3 is 14.3 Å². The minimum atomic E-state index is 0.726. The first kappa shape index (κ1) is 11.8. The SMILES string of the molecule is CCc1occc1-c1nc2nc(N(C)C)ccc2[nH]1. The number of aromatic nitrogens is 3. The smallest absolute Gasteiger partial charge is 0.180 e. The van der Waals surface area contributed by atoms with E-state index >= 15 is 0 Å². The summed E-state index contributed by atoms with van der Waals surface area (Å²) in [6.45, 7) is 2.06. The zero-order valence-corrected chi connectivity index (χ0v) is 11.3. The summed E-state index contributed by atoms with van der Waals surface area (Å²) in [5.74, 6) is 2.64. The fourth-order valence-corrected chi connectivity index (χ4v) is 2.08. The number of nitrogens with one attached hydrogen (secondary N) is 1. The number of imidazole rings is 1. The van der Waals surface area contributed by atoms with Gasteiger partial charge in [0.25, 0.3) is 0 Å². The summed E-state index contributed by atoms with van der Waals surface area (Å²) < 4.78 is 5.44. The highest BCUT2D eigenvalue weighted by molar-refractivity contribution is 5.78. The standard InChI is InChI=1S/C14H16N4O/c1-4-11-9(7-8-19-11)13-15-10-5-6-12(18(2)3)16-14(10)17-13/h5-8H,4H2,1-3H3,(H,15,16,17). The number of pyridine rings is 1. The molecule has 0 radical (unpaired) electrons. The van der Waals surface area contributed by atoms with Gasteiger partial charge in [0.15, 0.2) is 5.65 Å². The molecule has 0 aromatic carbocycles. The number of nitrogens with zero attached hydrogens (tertiary/aromatic N) is 3. The van der Waals surface area contributed by atoms with Gasteiger partial charge in [0.05, 0.1) is 17.3 Å². The highest BCUT2D eigenvalue weighted by Crippen LogP contribution is 2.25. The molecule has 3 aromatic rings. The largest absolute Gasteiger partial charge is 0.469 e. The first-order valence-corrected chi connectivity index (χ1v) is 6.30. The van der Waals surface area contributed by atoms with Crippen LogP contribution in [0.25, 0.3) is 22.6 Å². The molecule has 3 heterocycles. The van der Waals surface area contributed by atoms with Crippen LogP contribution in [0.2, 0.25) is 0 Å². The predicted molar refractivity (Wildman–Crippen MR) is 75.3 cm³/mol. The molecule has 0 aliphatic carbocycles. The first-order valence-electron chi connectivity index (χ1n) is 6.30. The summed E-state index contributed by atoms with van der Waals surface area (Å²) in [7, 11) is 3.93. The maximum absolute atomic E-state index is 5.44. The third-order valence-electron chi connectivity index (χ3n) is 3.11. The van der Waals surface area contributed by atoms with E-state index in [2.05, 4.69) is 21.9 Å². The van der Waals surface area contributed by atoms with Crippen molar-refractivity contribution in [3.05, 3.63) is 30.2 Å². The van der Waals surface area contributed by atoms with Crippen molar-refractivity contribution in [3.63, 3.8) is 0 Å². The zero-order chi connectivity index (χ0) is 13.4. The minimum absolute atomic E-state index is 0.726. The van der Waals surface area contributed by atoms with Crippen LogP contribution in [0.5, 0.6) is 0 Å². The first-order chi connectivity index (χ1) is 9.19. The van der Waals surface area contributed by atoms with Crippen molar-refractivity contribution in [1.82, 2.24) is 15.0 Å². The Kier molecular flexibility index (Phi) is 2.74. The monoisotopic (exact) mass is 256 g/mol. The van der Waals surface area contributed by atoms with E-state index in [1.165, 1.54) is 0 Å². The van der Waals surface area contributed by atoms with Gasteiger partial charge in [-0.05, 0) is 18.2 Å². The molecular formula is C14H16N4O. The van der Waals surface area contributed by atoms with Crippen LogP contribution in [0, 0.1) is 0 Å². The summed E-state index contributed by atoms with van der Waals surface area (Å²) >= 11 is 0. The molecule has 3 rings (SSSR count). The fraction of sp³-hybridized carbons (Fsp3) is 0.286. The Bertz CT molecular complexity index is 711. The highest BCUT2D eigenvalue weighted by atomic mass is 16.3. The molecular weight excluding hydrogens is 240 g/mol. The lowest BCUT2D eigenvalue weighted by atomic mass is 10.2. The van der Waals surface area contributed by atoms with Crippen molar-refractivity contribution in [2.75, 3.05) is 19.0 Å². The maximum atomic E-state index is 5.44. The van der Waals surface area contributed by atoms with Crippen LogP contribution in [0.4, 0.5) is 5.82 Å². The van der Waals surface area contributed by atoms with Crippen molar-refractivity contribution in [2.24, 2.45) is 0 Å². The van der Waals surface area contributed by atoms with Gasteiger partial charge >= 0.3 is 0 Å². The molecule has 0 saturated carbocycles. The van der Waals surface area contributed by atoms with Gasteiger partial charge in [-0.1, -0.05) is 6.92 Å². The van der Waals surface area contributed by atoms with E-state index in [-0.39, 0.29) is 0 Å². The molecule has 5 heteroatoms. The molecule has 0 spiro atoms. The second-order valence-corrected chi connectivity index (χ2v) is 4.63. The van der Waals surface area contributed by atoms with Gasteiger partial charge in [0, 0.05) is 20.5 Å². The maximum Gasteiger partial charge on any atom is 0.180 e. The summed E-state index contributed by atoms with van der Waals surface area (Å²) in [6.07, 6.45) is 2.54. The van der Waals surface area contributed by atoms with Gasteiger partial charge in [-0.2, -0.15) is 0 Å². The van der Waals surface area contributed by atoms with E-state index in [1.807, 2.05) is 37.2 Å². The topological polar surface area (TPSA) is 58.0 Å².